The van der Waals surface area contributed by atoms with E-state index in [4.69, 9.17) is 5.73 Å². The Bertz CT molecular complexity index is 584. The molecule has 3 N–H and O–H groups in total. The van der Waals surface area contributed by atoms with Crippen LogP contribution in [0.2, 0.25) is 0 Å². The molecule has 20 heavy (non-hydrogen) atoms. The molecule has 0 spiro atoms. The first kappa shape index (κ1) is 14.6. The number of aliphatic hydroxyl groups is 1. The number of aliphatic hydroxyl groups excluding tert-OH is 1. The van der Waals surface area contributed by atoms with Crippen molar-refractivity contribution in [2.45, 2.75) is 18.9 Å². The van der Waals surface area contributed by atoms with Gasteiger partial charge in [0.05, 0.1) is 6.10 Å². The molecular formula is C16H17F2NO. The van der Waals surface area contributed by atoms with Crippen LogP contribution in [-0.4, -0.2) is 11.7 Å². The van der Waals surface area contributed by atoms with Crippen molar-refractivity contribution in [3.63, 3.8) is 0 Å². The van der Waals surface area contributed by atoms with Crippen LogP contribution in [0.4, 0.5) is 8.78 Å². The molecule has 0 fully saturated rings. The van der Waals surface area contributed by atoms with Gasteiger partial charge in [-0.05, 0) is 30.2 Å². The molecule has 2 atom stereocenters. The normalized spacial score (nSPS) is 14.1. The molecule has 2 aromatic carbocycles. The highest BCUT2D eigenvalue weighted by Gasteiger charge is 2.24. The number of aryl methyl sites for hydroxylation is 1. The molecule has 0 amide bonds. The van der Waals surface area contributed by atoms with Crippen LogP contribution >= 0.6 is 0 Å². The van der Waals surface area contributed by atoms with E-state index in [-0.39, 0.29) is 17.9 Å². The molecule has 0 aliphatic rings. The summed E-state index contributed by atoms with van der Waals surface area (Å²) in [6.45, 7) is 1.78. The molecular weight excluding hydrogens is 260 g/mol. The molecule has 0 heterocycles. The van der Waals surface area contributed by atoms with E-state index in [1.165, 1.54) is 12.1 Å². The summed E-state index contributed by atoms with van der Waals surface area (Å²) in [6, 6.07) is 10.6. The third kappa shape index (κ3) is 2.86. The standard InChI is InChI=1S/C16H17F2NO/c1-10-3-2-4-13(15(10)18)16(20)14(9-19)11-5-7-12(17)8-6-11/h2-8,14,16,20H,9,19H2,1H3. The lowest BCUT2D eigenvalue weighted by atomic mass is 9.88. The monoisotopic (exact) mass is 277 g/mol. The first-order valence-electron chi connectivity index (χ1n) is 6.43. The van der Waals surface area contributed by atoms with Crippen molar-refractivity contribution in [2.75, 3.05) is 6.54 Å². The Morgan fingerprint density at radius 2 is 1.75 bits per heavy atom. The second-order valence-corrected chi connectivity index (χ2v) is 4.82. The fraction of sp³-hybridized carbons (Fsp3) is 0.250. The van der Waals surface area contributed by atoms with Crippen molar-refractivity contribution in [2.24, 2.45) is 5.73 Å². The van der Waals surface area contributed by atoms with Gasteiger partial charge in [0.2, 0.25) is 0 Å². The summed E-state index contributed by atoms with van der Waals surface area (Å²) in [5.74, 6) is -1.27. The largest absolute Gasteiger partial charge is 0.388 e. The van der Waals surface area contributed by atoms with Crippen molar-refractivity contribution in [3.8, 4) is 0 Å². The molecule has 2 rings (SSSR count). The predicted molar refractivity (Wildman–Crippen MR) is 74.3 cm³/mol. The Hall–Kier alpha value is -1.78. The Kier molecular flexibility index (Phi) is 4.47. The fourth-order valence-corrected chi connectivity index (χ4v) is 2.27. The van der Waals surface area contributed by atoms with E-state index in [1.54, 1.807) is 37.3 Å². The van der Waals surface area contributed by atoms with Crippen molar-refractivity contribution in [3.05, 3.63) is 70.8 Å². The van der Waals surface area contributed by atoms with E-state index < -0.39 is 17.8 Å². The molecule has 0 aliphatic heterocycles. The minimum absolute atomic E-state index is 0.139. The molecule has 4 heteroatoms. The van der Waals surface area contributed by atoms with E-state index in [9.17, 15) is 13.9 Å². The molecule has 0 saturated carbocycles. The van der Waals surface area contributed by atoms with E-state index in [2.05, 4.69) is 0 Å². The highest BCUT2D eigenvalue weighted by atomic mass is 19.1. The van der Waals surface area contributed by atoms with Crippen LogP contribution in [0, 0.1) is 18.6 Å². The SMILES string of the molecule is Cc1cccc(C(O)C(CN)c2ccc(F)cc2)c1F. The average Bonchev–Trinajstić information content (AvgIpc) is 2.44. The molecule has 0 aliphatic carbocycles. The predicted octanol–water partition coefficient (Wildman–Crippen LogP) is 3.05. The number of benzene rings is 2. The summed E-state index contributed by atoms with van der Waals surface area (Å²) in [4.78, 5) is 0. The molecule has 2 unspecified atom stereocenters. The van der Waals surface area contributed by atoms with Crippen LogP contribution in [0.25, 0.3) is 0 Å². The van der Waals surface area contributed by atoms with E-state index >= 15 is 0 Å². The number of rotatable bonds is 4. The van der Waals surface area contributed by atoms with Gasteiger partial charge >= 0.3 is 0 Å². The van der Waals surface area contributed by atoms with Gasteiger partial charge in [0.1, 0.15) is 11.6 Å². The molecule has 0 aromatic heterocycles. The summed E-state index contributed by atoms with van der Waals surface area (Å²) in [7, 11) is 0. The summed E-state index contributed by atoms with van der Waals surface area (Å²) in [5.41, 5.74) is 7.06. The lowest BCUT2D eigenvalue weighted by molar-refractivity contribution is 0.143. The number of hydrogen-bond donors (Lipinski definition) is 2. The minimum Gasteiger partial charge on any atom is -0.388 e. The van der Waals surface area contributed by atoms with Crippen molar-refractivity contribution in [1.29, 1.82) is 0 Å². The van der Waals surface area contributed by atoms with Crippen LogP contribution in [0.5, 0.6) is 0 Å². The lowest BCUT2D eigenvalue weighted by Crippen LogP contribution is -2.21. The second-order valence-electron chi connectivity index (χ2n) is 4.82. The second kappa shape index (κ2) is 6.11. The fourth-order valence-electron chi connectivity index (χ4n) is 2.27. The number of hydrogen-bond acceptors (Lipinski definition) is 2. The van der Waals surface area contributed by atoms with Crippen LogP contribution < -0.4 is 5.73 Å². The zero-order chi connectivity index (χ0) is 14.7. The first-order chi connectivity index (χ1) is 9.54. The van der Waals surface area contributed by atoms with Gasteiger partial charge in [0.25, 0.3) is 0 Å². The van der Waals surface area contributed by atoms with Crippen molar-refractivity contribution < 1.29 is 13.9 Å². The minimum atomic E-state index is -1.06. The van der Waals surface area contributed by atoms with Crippen molar-refractivity contribution in [1.82, 2.24) is 0 Å². The molecule has 0 saturated heterocycles. The van der Waals surface area contributed by atoms with Gasteiger partial charge in [-0.15, -0.1) is 0 Å². The zero-order valence-corrected chi connectivity index (χ0v) is 11.2. The van der Waals surface area contributed by atoms with E-state index in [1.807, 2.05) is 0 Å². The summed E-state index contributed by atoms with van der Waals surface area (Å²) in [5, 5.41) is 10.4. The van der Waals surface area contributed by atoms with Gasteiger partial charge in [-0.25, -0.2) is 8.78 Å². The summed E-state index contributed by atoms with van der Waals surface area (Å²) in [6.07, 6.45) is -1.06. The summed E-state index contributed by atoms with van der Waals surface area (Å²) >= 11 is 0. The molecule has 0 radical (unpaired) electrons. The molecule has 106 valence electrons. The Labute approximate surface area is 116 Å². The Balaban J connectivity index is 2.36. The first-order valence-corrected chi connectivity index (χ1v) is 6.43. The average molecular weight is 277 g/mol. The smallest absolute Gasteiger partial charge is 0.131 e. The van der Waals surface area contributed by atoms with Gasteiger partial charge < -0.3 is 10.8 Å². The van der Waals surface area contributed by atoms with Gasteiger partial charge in [-0.3, -0.25) is 0 Å². The van der Waals surface area contributed by atoms with E-state index in [0.717, 1.165) is 0 Å². The Morgan fingerprint density at radius 3 is 2.35 bits per heavy atom. The number of halogens is 2. The molecule has 2 nitrogen and oxygen atoms in total. The third-order valence-corrected chi connectivity index (χ3v) is 3.47. The highest BCUT2D eigenvalue weighted by molar-refractivity contribution is 5.31. The van der Waals surface area contributed by atoms with Crippen LogP contribution in [0.1, 0.15) is 28.7 Å². The Morgan fingerprint density at radius 1 is 1.10 bits per heavy atom. The van der Waals surface area contributed by atoms with Gasteiger partial charge in [-0.1, -0.05) is 30.3 Å². The molecule has 2 aromatic rings. The zero-order valence-electron chi connectivity index (χ0n) is 11.2. The van der Waals surface area contributed by atoms with Gasteiger partial charge in [0, 0.05) is 18.0 Å². The molecule has 0 bridgehead atoms. The van der Waals surface area contributed by atoms with Crippen molar-refractivity contribution >= 4 is 0 Å². The van der Waals surface area contributed by atoms with E-state index in [0.29, 0.717) is 11.1 Å². The highest BCUT2D eigenvalue weighted by Crippen LogP contribution is 2.32. The quantitative estimate of drug-likeness (QED) is 0.902. The van der Waals surface area contributed by atoms with Gasteiger partial charge in [0.15, 0.2) is 0 Å². The summed E-state index contributed by atoms with van der Waals surface area (Å²) < 4.78 is 27.0. The topological polar surface area (TPSA) is 46.2 Å². The van der Waals surface area contributed by atoms with Crippen LogP contribution in [0.3, 0.4) is 0 Å². The maximum atomic E-state index is 14.1. The lowest BCUT2D eigenvalue weighted by Gasteiger charge is -2.23. The van der Waals surface area contributed by atoms with Gasteiger partial charge in [-0.2, -0.15) is 0 Å². The maximum Gasteiger partial charge on any atom is 0.131 e. The van der Waals surface area contributed by atoms with Crippen LogP contribution in [-0.2, 0) is 0 Å². The third-order valence-electron chi connectivity index (χ3n) is 3.47. The van der Waals surface area contributed by atoms with Crippen LogP contribution in [0.15, 0.2) is 42.5 Å². The maximum absolute atomic E-state index is 14.1. The number of nitrogens with two attached hydrogens (primary N) is 1.